The van der Waals surface area contributed by atoms with E-state index in [1.165, 1.54) is 6.42 Å². The number of carbonyl (C=O) groups is 1. The molecule has 1 aliphatic heterocycles. The number of imidazole rings is 2. The van der Waals surface area contributed by atoms with Crippen molar-refractivity contribution in [2.45, 2.75) is 44.7 Å². The lowest BCUT2D eigenvalue weighted by Crippen LogP contribution is -2.44. The first-order valence-corrected chi connectivity index (χ1v) is 9.34. The second-order valence-electron chi connectivity index (χ2n) is 6.33. The maximum absolute atomic E-state index is 12.8. The molecular weight excluding hydrogens is 322 g/mol. The molecule has 0 bridgehead atoms. The van der Waals surface area contributed by atoms with Gasteiger partial charge >= 0.3 is 0 Å². The van der Waals surface area contributed by atoms with Crippen LogP contribution in [-0.4, -0.2) is 42.3 Å². The van der Waals surface area contributed by atoms with Gasteiger partial charge in [-0.3, -0.25) is 9.20 Å². The summed E-state index contributed by atoms with van der Waals surface area (Å²) in [6, 6.07) is 0.331. The van der Waals surface area contributed by atoms with Gasteiger partial charge in [0.05, 0.1) is 18.4 Å². The molecule has 1 aliphatic rings. The van der Waals surface area contributed by atoms with E-state index in [0.29, 0.717) is 12.5 Å². The summed E-state index contributed by atoms with van der Waals surface area (Å²) in [4.78, 5) is 24.5. The highest BCUT2D eigenvalue weighted by atomic mass is 32.1. The Balaban J connectivity index is 1.41. The van der Waals surface area contributed by atoms with Crippen LogP contribution >= 0.6 is 11.3 Å². The number of carbonyl (C=O) groups excluding carboxylic acids is 1. The molecule has 0 saturated carbocycles. The third kappa shape index (κ3) is 3.21. The van der Waals surface area contributed by atoms with Crippen molar-refractivity contribution in [1.29, 1.82) is 0 Å². The van der Waals surface area contributed by atoms with Crippen molar-refractivity contribution in [1.82, 2.24) is 23.8 Å². The zero-order chi connectivity index (χ0) is 16.4. The quantitative estimate of drug-likeness (QED) is 0.715. The number of amides is 1. The first kappa shape index (κ1) is 15.4. The number of thiazole rings is 1. The lowest BCUT2D eigenvalue weighted by molar-refractivity contribution is -0.134. The number of hydrogen-bond acceptors (Lipinski definition) is 4. The van der Waals surface area contributed by atoms with E-state index in [4.69, 9.17) is 0 Å². The molecular formula is C17H21N5OS. The molecule has 4 rings (SSSR count). The van der Waals surface area contributed by atoms with Gasteiger partial charge in [0, 0.05) is 49.3 Å². The fourth-order valence-electron chi connectivity index (χ4n) is 3.46. The minimum Gasteiger partial charge on any atom is -0.339 e. The van der Waals surface area contributed by atoms with Crippen LogP contribution in [0.3, 0.4) is 0 Å². The van der Waals surface area contributed by atoms with Crippen LogP contribution in [-0.2, 0) is 17.8 Å². The average Bonchev–Trinajstić information content (AvgIpc) is 3.30. The van der Waals surface area contributed by atoms with Crippen LogP contribution in [0.5, 0.6) is 0 Å². The molecule has 1 atom stereocenters. The van der Waals surface area contributed by atoms with Crippen LogP contribution < -0.4 is 0 Å². The van der Waals surface area contributed by atoms with Crippen molar-refractivity contribution in [2.75, 3.05) is 6.54 Å². The largest absolute Gasteiger partial charge is 0.339 e. The Morgan fingerprint density at radius 3 is 3.12 bits per heavy atom. The SMILES string of the molecule is O=C(Cc1cn2ccsc2n1)N1CCCC[C@@H]1CCn1ccnc1. The first-order valence-electron chi connectivity index (χ1n) is 8.46. The number of likely N-dealkylation sites (tertiary alicyclic amines) is 1. The molecule has 1 saturated heterocycles. The minimum atomic E-state index is 0.205. The Kier molecular flexibility index (Phi) is 4.34. The smallest absolute Gasteiger partial charge is 0.228 e. The molecule has 0 aromatic carbocycles. The van der Waals surface area contributed by atoms with Gasteiger partial charge in [-0.25, -0.2) is 9.97 Å². The van der Waals surface area contributed by atoms with Gasteiger partial charge < -0.3 is 9.47 Å². The molecule has 3 aromatic heterocycles. The number of nitrogens with zero attached hydrogens (tertiary/aromatic N) is 5. The fraction of sp³-hybridized carbons (Fsp3) is 0.471. The van der Waals surface area contributed by atoms with E-state index in [9.17, 15) is 4.79 Å². The Hall–Kier alpha value is -2.15. The Morgan fingerprint density at radius 2 is 2.29 bits per heavy atom. The molecule has 3 aromatic rings. The Morgan fingerprint density at radius 1 is 1.33 bits per heavy atom. The van der Waals surface area contributed by atoms with E-state index >= 15 is 0 Å². The van der Waals surface area contributed by atoms with Crippen LogP contribution in [0.2, 0.25) is 0 Å². The highest BCUT2D eigenvalue weighted by Crippen LogP contribution is 2.22. The van der Waals surface area contributed by atoms with E-state index in [2.05, 4.69) is 19.4 Å². The molecule has 4 heterocycles. The zero-order valence-electron chi connectivity index (χ0n) is 13.5. The van der Waals surface area contributed by atoms with E-state index < -0.39 is 0 Å². The molecule has 0 spiro atoms. The van der Waals surface area contributed by atoms with E-state index in [1.54, 1.807) is 17.5 Å². The van der Waals surface area contributed by atoms with Crippen LogP contribution in [0.1, 0.15) is 31.4 Å². The molecule has 0 aliphatic carbocycles. The van der Waals surface area contributed by atoms with Gasteiger partial charge in [-0.2, -0.15) is 0 Å². The third-order valence-electron chi connectivity index (χ3n) is 4.70. The second kappa shape index (κ2) is 6.76. The van der Waals surface area contributed by atoms with Gasteiger partial charge in [-0.15, -0.1) is 11.3 Å². The standard InChI is InChI=1S/C17H21N5OS/c23-16(11-14-12-21-9-10-24-17(21)19-14)22-6-2-1-3-15(22)4-7-20-8-5-18-13-20/h5,8-10,12-13,15H,1-4,6-7,11H2/t15-/m1/s1. The number of hydrogen-bond donors (Lipinski definition) is 0. The Labute approximate surface area is 144 Å². The van der Waals surface area contributed by atoms with Gasteiger partial charge in [-0.05, 0) is 25.7 Å². The van der Waals surface area contributed by atoms with Crippen molar-refractivity contribution >= 4 is 22.2 Å². The van der Waals surface area contributed by atoms with E-state index in [1.807, 2.05) is 34.7 Å². The van der Waals surface area contributed by atoms with Gasteiger partial charge in [0.25, 0.3) is 0 Å². The van der Waals surface area contributed by atoms with Crippen LogP contribution in [0.15, 0.2) is 36.5 Å². The minimum absolute atomic E-state index is 0.205. The number of aryl methyl sites for hydroxylation is 1. The molecule has 126 valence electrons. The molecule has 0 radical (unpaired) electrons. The second-order valence-corrected chi connectivity index (χ2v) is 7.20. The molecule has 6 nitrogen and oxygen atoms in total. The maximum Gasteiger partial charge on any atom is 0.228 e. The molecule has 1 amide bonds. The molecule has 1 fully saturated rings. The van der Waals surface area contributed by atoms with Crippen LogP contribution in [0, 0.1) is 0 Å². The van der Waals surface area contributed by atoms with Crippen LogP contribution in [0.25, 0.3) is 4.96 Å². The zero-order valence-corrected chi connectivity index (χ0v) is 14.4. The van der Waals surface area contributed by atoms with Gasteiger partial charge in [0.2, 0.25) is 5.91 Å². The average molecular weight is 343 g/mol. The summed E-state index contributed by atoms with van der Waals surface area (Å²) in [5.74, 6) is 0.205. The number of piperidine rings is 1. The lowest BCUT2D eigenvalue weighted by Gasteiger charge is -2.36. The summed E-state index contributed by atoms with van der Waals surface area (Å²) < 4.78 is 4.07. The predicted molar refractivity (Wildman–Crippen MR) is 93.0 cm³/mol. The summed E-state index contributed by atoms with van der Waals surface area (Å²) in [5, 5.41) is 2.00. The topological polar surface area (TPSA) is 55.4 Å². The highest BCUT2D eigenvalue weighted by Gasteiger charge is 2.26. The predicted octanol–water partition coefficient (Wildman–Crippen LogP) is 2.61. The van der Waals surface area contributed by atoms with E-state index in [0.717, 1.165) is 43.0 Å². The van der Waals surface area contributed by atoms with Gasteiger partial charge in [0.1, 0.15) is 0 Å². The summed E-state index contributed by atoms with van der Waals surface area (Å²) in [6.07, 6.45) is 14.4. The van der Waals surface area contributed by atoms with Crippen molar-refractivity contribution < 1.29 is 4.79 Å². The van der Waals surface area contributed by atoms with E-state index in [-0.39, 0.29) is 5.91 Å². The Bertz CT molecular complexity index is 778. The number of fused-ring (bicyclic) bond motifs is 1. The summed E-state index contributed by atoms with van der Waals surface area (Å²) in [5.41, 5.74) is 0.866. The number of aromatic nitrogens is 4. The van der Waals surface area contributed by atoms with Crippen LogP contribution in [0.4, 0.5) is 0 Å². The molecule has 0 N–H and O–H groups in total. The van der Waals surface area contributed by atoms with Crippen molar-refractivity contribution in [3.05, 3.63) is 42.2 Å². The summed E-state index contributed by atoms with van der Waals surface area (Å²) >= 11 is 1.60. The molecule has 7 heteroatoms. The first-order chi connectivity index (χ1) is 11.8. The van der Waals surface area contributed by atoms with Crippen molar-refractivity contribution in [3.63, 3.8) is 0 Å². The van der Waals surface area contributed by atoms with Gasteiger partial charge in [0.15, 0.2) is 4.96 Å². The normalized spacial score (nSPS) is 18.3. The fourth-order valence-corrected chi connectivity index (χ4v) is 4.18. The monoisotopic (exact) mass is 343 g/mol. The van der Waals surface area contributed by atoms with Gasteiger partial charge in [-0.1, -0.05) is 0 Å². The van der Waals surface area contributed by atoms with Crippen molar-refractivity contribution in [3.8, 4) is 0 Å². The lowest BCUT2D eigenvalue weighted by atomic mass is 9.98. The molecule has 24 heavy (non-hydrogen) atoms. The summed E-state index contributed by atoms with van der Waals surface area (Å²) in [7, 11) is 0. The third-order valence-corrected chi connectivity index (χ3v) is 5.47. The maximum atomic E-state index is 12.8. The number of rotatable bonds is 5. The van der Waals surface area contributed by atoms with Crippen molar-refractivity contribution in [2.24, 2.45) is 0 Å². The highest BCUT2D eigenvalue weighted by molar-refractivity contribution is 7.15. The summed E-state index contributed by atoms with van der Waals surface area (Å²) in [6.45, 7) is 1.78. The molecule has 0 unspecified atom stereocenters.